The van der Waals surface area contributed by atoms with Crippen molar-refractivity contribution in [3.05, 3.63) is 29.6 Å². The Balaban J connectivity index is 1.72. The maximum absolute atomic E-state index is 14.1. The van der Waals surface area contributed by atoms with Crippen LogP contribution in [0.4, 0.5) is 10.1 Å². The average molecular weight is 333 g/mol. The van der Waals surface area contributed by atoms with Gasteiger partial charge in [-0.05, 0) is 43.0 Å². The summed E-state index contributed by atoms with van der Waals surface area (Å²) in [4.78, 5) is 28.2. The number of hydrogen-bond donors (Lipinski definition) is 1. The van der Waals surface area contributed by atoms with Crippen molar-refractivity contribution in [2.75, 3.05) is 31.1 Å². The van der Waals surface area contributed by atoms with Crippen molar-refractivity contribution in [2.45, 2.75) is 26.7 Å². The van der Waals surface area contributed by atoms with Gasteiger partial charge in [-0.15, -0.1) is 0 Å². The standard InChI is InChI=1S/C18H24FN3O2/c1-12-3-4-15(14(19)7-12)22-9-13(8-16(22)23)17(24)21-6-5-18(2,10-20)11-21/h3-4,7,13H,5-6,8-11,20H2,1-2H3. The highest BCUT2D eigenvalue weighted by molar-refractivity contribution is 6.00. The Morgan fingerprint density at radius 2 is 2.21 bits per heavy atom. The lowest BCUT2D eigenvalue weighted by atomic mass is 9.90. The summed E-state index contributed by atoms with van der Waals surface area (Å²) in [5, 5.41) is 0. The van der Waals surface area contributed by atoms with E-state index in [4.69, 9.17) is 5.73 Å². The number of benzene rings is 1. The van der Waals surface area contributed by atoms with E-state index in [-0.39, 0.29) is 35.9 Å². The SMILES string of the molecule is Cc1ccc(N2CC(C(=O)N3CCC(C)(CN)C3)CC2=O)c(F)c1. The molecule has 2 atom stereocenters. The largest absolute Gasteiger partial charge is 0.342 e. The molecule has 2 aliphatic rings. The van der Waals surface area contributed by atoms with Crippen molar-refractivity contribution in [1.29, 1.82) is 0 Å². The molecule has 2 saturated heterocycles. The van der Waals surface area contributed by atoms with Crippen molar-refractivity contribution in [3.63, 3.8) is 0 Å². The second-order valence-electron chi connectivity index (χ2n) is 7.38. The highest BCUT2D eigenvalue weighted by Gasteiger charge is 2.42. The molecule has 0 radical (unpaired) electrons. The minimum atomic E-state index is -0.423. The first kappa shape index (κ1) is 16.9. The Morgan fingerprint density at radius 3 is 2.83 bits per heavy atom. The Bertz CT molecular complexity index is 678. The molecule has 3 rings (SSSR count). The first-order valence-electron chi connectivity index (χ1n) is 8.38. The number of anilines is 1. The van der Waals surface area contributed by atoms with Gasteiger partial charge in [0.15, 0.2) is 0 Å². The van der Waals surface area contributed by atoms with Crippen molar-refractivity contribution in [2.24, 2.45) is 17.1 Å². The van der Waals surface area contributed by atoms with Gasteiger partial charge in [0.05, 0.1) is 11.6 Å². The number of halogens is 1. The number of amides is 2. The van der Waals surface area contributed by atoms with E-state index in [0.717, 1.165) is 12.0 Å². The summed E-state index contributed by atoms with van der Waals surface area (Å²) in [5.41, 5.74) is 6.81. The molecule has 1 aromatic rings. The van der Waals surface area contributed by atoms with E-state index in [2.05, 4.69) is 6.92 Å². The van der Waals surface area contributed by atoms with E-state index in [0.29, 0.717) is 19.6 Å². The molecular formula is C18H24FN3O2. The summed E-state index contributed by atoms with van der Waals surface area (Å²) in [6.45, 7) is 5.97. The van der Waals surface area contributed by atoms with Crippen LogP contribution in [0.3, 0.4) is 0 Å². The van der Waals surface area contributed by atoms with Crippen LogP contribution in [0.15, 0.2) is 18.2 Å². The van der Waals surface area contributed by atoms with Crippen molar-refractivity contribution in [1.82, 2.24) is 4.90 Å². The summed E-state index contributed by atoms with van der Waals surface area (Å²) in [7, 11) is 0. The third-order valence-corrected chi connectivity index (χ3v) is 5.23. The molecule has 0 aromatic heterocycles. The molecule has 2 fully saturated rings. The minimum Gasteiger partial charge on any atom is -0.342 e. The maximum atomic E-state index is 14.1. The van der Waals surface area contributed by atoms with E-state index in [1.165, 1.54) is 11.0 Å². The van der Waals surface area contributed by atoms with E-state index >= 15 is 0 Å². The van der Waals surface area contributed by atoms with Crippen LogP contribution in [0.2, 0.25) is 0 Å². The van der Waals surface area contributed by atoms with Crippen LogP contribution < -0.4 is 10.6 Å². The number of likely N-dealkylation sites (tertiary alicyclic amines) is 1. The molecule has 2 N–H and O–H groups in total. The Morgan fingerprint density at radius 1 is 1.46 bits per heavy atom. The fourth-order valence-corrected chi connectivity index (χ4v) is 3.57. The second kappa shape index (κ2) is 6.16. The monoisotopic (exact) mass is 333 g/mol. The smallest absolute Gasteiger partial charge is 0.228 e. The Labute approximate surface area is 141 Å². The zero-order valence-corrected chi connectivity index (χ0v) is 14.2. The van der Waals surface area contributed by atoms with E-state index in [1.54, 1.807) is 24.0 Å². The molecule has 2 aliphatic heterocycles. The number of carbonyl (C=O) groups excluding carboxylic acids is 2. The molecule has 6 heteroatoms. The molecule has 2 heterocycles. The van der Waals surface area contributed by atoms with E-state index in [1.807, 2.05) is 0 Å². The van der Waals surface area contributed by atoms with Gasteiger partial charge in [0.2, 0.25) is 11.8 Å². The third kappa shape index (κ3) is 3.02. The maximum Gasteiger partial charge on any atom is 0.228 e. The van der Waals surface area contributed by atoms with Crippen molar-refractivity contribution >= 4 is 17.5 Å². The number of hydrogen-bond acceptors (Lipinski definition) is 3. The van der Waals surface area contributed by atoms with Gasteiger partial charge >= 0.3 is 0 Å². The van der Waals surface area contributed by atoms with Gasteiger partial charge in [-0.3, -0.25) is 9.59 Å². The predicted octanol–water partition coefficient (Wildman–Crippen LogP) is 1.68. The minimum absolute atomic E-state index is 0.0180. The van der Waals surface area contributed by atoms with Gasteiger partial charge < -0.3 is 15.5 Å². The molecule has 24 heavy (non-hydrogen) atoms. The molecule has 1 aromatic carbocycles. The van der Waals surface area contributed by atoms with Crippen LogP contribution in [0.25, 0.3) is 0 Å². The van der Waals surface area contributed by atoms with E-state index < -0.39 is 11.7 Å². The molecule has 0 bridgehead atoms. The molecule has 130 valence electrons. The van der Waals surface area contributed by atoms with Gasteiger partial charge in [-0.1, -0.05) is 13.0 Å². The molecular weight excluding hydrogens is 309 g/mol. The van der Waals surface area contributed by atoms with Gasteiger partial charge in [-0.2, -0.15) is 0 Å². The summed E-state index contributed by atoms with van der Waals surface area (Å²) in [6.07, 6.45) is 1.02. The highest BCUT2D eigenvalue weighted by atomic mass is 19.1. The van der Waals surface area contributed by atoms with Crippen LogP contribution in [-0.2, 0) is 9.59 Å². The lowest BCUT2D eigenvalue weighted by Crippen LogP contribution is -2.38. The second-order valence-corrected chi connectivity index (χ2v) is 7.38. The summed E-state index contributed by atoms with van der Waals surface area (Å²) in [5.74, 6) is -1.04. The topological polar surface area (TPSA) is 66.6 Å². The molecule has 0 saturated carbocycles. The number of carbonyl (C=O) groups is 2. The fourth-order valence-electron chi connectivity index (χ4n) is 3.57. The van der Waals surface area contributed by atoms with Crippen molar-refractivity contribution < 1.29 is 14.0 Å². The van der Waals surface area contributed by atoms with Crippen LogP contribution in [-0.4, -0.2) is 42.9 Å². The average Bonchev–Trinajstić information content (AvgIpc) is 3.11. The molecule has 5 nitrogen and oxygen atoms in total. The van der Waals surface area contributed by atoms with Crippen LogP contribution in [0, 0.1) is 24.1 Å². The van der Waals surface area contributed by atoms with Gasteiger partial charge in [0.25, 0.3) is 0 Å². The third-order valence-electron chi connectivity index (χ3n) is 5.23. The number of rotatable bonds is 3. The molecule has 0 aliphatic carbocycles. The lowest BCUT2D eigenvalue weighted by molar-refractivity contribution is -0.135. The number of nitrogens with zero attached hydrogens (tertiary/aromatic N) is 2. The molecule has 2 amide bonds. The normalized spacial score (nSPS) is 27.2. The van der Waals surface area contributed by atoms with Crippen molar-refractivity contribution in [3.8, 4) is 0 Å². The van der Waals surface area contributed by atoms with Crippen LogP contribution in [0.1, 0.15) is 25.3 Å². The number of aryl methyl sites for hydroxylation is 1. The lowest BCUT2D eigenvalue weighted by Gasteiger charge is -2.24. The first-order valence-corrected chi connectivity index (χ1v) is 8.38. The Kier molecular flexibility index (Phi) is 4.34. The summed E-state index contributed by atoms with van der Waals surface area (Å²) in [6, 6.07) is 4.79. The zero-order chi connectivity index (χ0) is 17.5. The molecule has 2 unspecified atom stereocenters. The predicted molar refractivity (Wildman–Crippen MR) is 90.0 cm³/mol. The number of nitrogens with two attached hydrogens (primary N) is 1. The van der Waals surface area contributed by atoms with E-state index in [9.17, 15) is 14.0 Å². The van der Waals surface area contributed by atoms with Gasteiger partial charge in [-0.25, -0.2) is 4.39 Å². The first-order chi connectivity index (χ1) is 11.3. The van der Waals surface area contributed by atoms with Crippen LogP contribution >= 0.6 is 0 Å². The fraction of sp³-hybridized carbons (Fsp3) is 0.556. The molecule has 0 spiro atoms. The zero-order valence-electron chi connectivity index (χ0n) is 14.2. The van der Waals surface area contributed by atoms with Gasteiger partial charge in [0.1, 0.15) is 5.82 Å². The quantitative estimate of drug-likeness (QED) is 0.915. The van der Waals surface area contributed by atoms with Crippen LogP contribution in [0.5, 0.6) is 0 Å². The Hall–Kier alpha value is -1.95. The highest BCUT2D eigenvalue weighted by Crippen LogP contribution is 2.33. The van der Waals surface area contributed by atoms with Gasteiger partial charge in [0, 0.05) is 26.1 Å². The summed E-state index contributed by atoms with van der Waals surface area (Å²) < 4.78 is 14.1. The summed E-state index contributed by atoms with van der Waals surface area (Å²) >= 11 is 0.